The van der Waals surface area contributed by atoms with E-state index in [0.29, 0.717) is 12.2 Å². The quantitative estimate of drug-likeness (QED) is 0.601. The first-order valence-corrected chi connectivity index (χ1v) is 8.92. The van der Waals surface area contributed by atoms with Crippen LogP contribution in [0.15, 0.2) is 72.8 Å². The molecule has 0 aromatic heterocycles. The largest absolute Gasteiger partial charge is 0.508 e. The lowest BCUT2D eigenvalue weighted by Crippen LogP contribution is -2.00. The number of aromatic carboxylic acids is 1. The molecule has 0 saturated heterocycles. The summed E-state index contributed by atoms with van der Waals surface area (Å²) in [5, 5.41) is 18.8. The Labute approximate surface area is 158 Å². The van der Waals surface area contributed by atoms with Crippen molar-refractivity contribution < 1.29 is 19.7 Å². The van der Waals surface area contributed by atoms with Gasteiger partial charge in [-0.05, 0) is 66.3 Å². The first-order chi connectivity index (χ1) is 13.1. The number of carboxylic acid groups (broad SMARTS) is 1. The van der Waals surface area contributed by atoms with Gasteiger partial charge in [-0.15, -0.1) is 0 Å². The van der Waals surface area contributed by atoms with Gasteiger partial charge in [0, 0.05) is 0 Å². The van der Waals surface area contributed by atoms with E-state index in [-0.39, 0.29) is 5.75 Å². The summed E-state index contributed by atoms with van der Waals surface area (Å²) in [6, 6.07) is 22.1. The highest BCUT2D eigenvalue weighted by Crippen LogP contribution is 2.26. The second kappa shape index (κ2) is 8.90. The van der Waals surface area contributed by atoms with Gasteiger partial charge >= 0.3 is 5.97 Å². The van der Waals surface area contributed by atoms with Crippen LogP contribution in [0.5, 0.6) is 11.5 Å². The number of aromatic hydroxyl groups is 1. The third-order valence-electron chi connectivity index (χ3n) is 4.39. The number of carboxylic acids is 1. The maximum absolute atomic E-state index is 10.9. The smallest absolute Gasteiger partial charge is 0.335 e. The van der Waals surface area contributed by atoms with Crippen molar-refractivity contribution in [1.82, 2.24) is 0 Å². The Bertz CT molecular complexity index is 886. The van der Waals surface area contributed by atoms with Crippen molar-refractivity contribution >= 4 is 5.97 Å². The van der Waals surface area contributed by atoms with Crippen LogP contribution >= 0.6 is 0 Å². The molecule has 2 N–H and O–H groups in total. The van der Waals surface area contributed by atoms with Crippen LogP contribution in [0, 0.1) is 0 Å². The minimum atomic E-state index is -0.915. The maximum Gasteiger partial charge on any atom is 0.335 e. The molecule has 0 amide bonds. The van der Waals surface area contributed by atoms with E-state index in [0.717, 1.165) is 41.7 Å². The second-order valence-electron chi connectivity index (χ2n) is 6.42. The molecule has 27 heavy (non-hydrogen) atoms. The number of phenolic OH excluding ortho intramolecular Hbond substituents is 1. The summed E-state index contributed by atoms with van der Waals surface area (Å²) in [6.07, 6.45) is 2.46. The third-order valence-corrected chi connectivity index (χ3v) is 4.39. The Morgan fingerprint density at radius 2 is 1.59 bits per heavy atom. The normalized spacial score (nSPS) is 10.5. The molecule has 4 heteroatoms. The van der Waals surface area contributed by atoms with E-state index in [9.17, 15) is 9.90 Å². The average molecular weight is 362 g/mol. The van der Waals surface area contributed by atoms with Gasteiger partial charge < -0.3 is 14.9 Å². The lowest BCUT2D eigenvalue weighted by molar-refractivity contribution is 0.0697. The van der Waals surface area contributed by atoms with Gasteiger partial charge in [-0.1, -0.05) is 42.5 Å². The Kier molecular flexibility index (Phi) is 6.10. The van der Waals surface area contributed by atoms with Crippen LogP contribution < -0.4 is 4.74 Å². The second-order valence-corrected chi connectivity index (χ2v) is 6.42. The van der Waals surface area contributed by atoms with E-state index in [2.05, 4.69) is 0 Å². The molecule has 0 unspecified atom stereocenters. The number of carbonyl (C=O) groups is 1. The summed E-state index contributed by atoms with van der Waals surface area (Å²) in [5.41, 5.74) is 3.44. The highest BCUT2D eigenvalue weighted by atomic mass is 16.5. The molecule has 0 saturated carbocycles. The van der Waals surface area contributed by atoms with E-state index in [1.54, 1.807) is 30.3 Å². The van der Waals surface area contributed by atoms with E-state index < -0.39 is 5.97 Å². The lowest BCUT2D eigenvalue weighted by Gasteiger charge is -2.12. The first-order valence-electron chi connectivity index (χ1n) is 8.92. The van der Waals surface area contributed by atoms with Gasteiger partial charge in [0.2, 0.25) is 0 Å². The predicted molar refractivity (Wildman–Crippen MR) is 104 cm³/mol. The molecule has 0 radical (unpaired) electrons. The van der Waals surface area contributed by atoms with Crippen molar-refractivity contribution in [3.63, 3.8) is 0 Å². The number of phenols is 1. The van der Waals surface area contributed by atoms with Crippen molar-refractivity contribution in [2.75, 3.05) is 0 Å². The molecule has 0 aliphatic heterocycles. The summed E-state index contributed by atoms with van der Waals surface area (Å²) in [5.74, 6) is 0.0854. The summed E-state index contributed by atoms with van der Waals surface area (Å²) in [4.78, 5) is 10.9. The van der Waals surface area contributed by atoms with E-state index in [4.69, 9.17) is 9.84 Å². The van der Waals surface area contributed by atoms with Gasteiger partial charge in [0.1, 0.15) is 18.1 Å². The molecule has 4 nitrogen and oxygen atoms in total. The molecule has 0 atom stereocenters. The molecule has 0 heterocycles. The molecular formula is C23H22O4. The number of hydrogen-bond donors (Lipinski definition) is 2. The van der Waals surface area contributed by atoms with Crippen LogP contribution in [0.3, 0.4) is 0 Å². The topological polar surface area (TPSA) is 66.8 Å². The summed E-state index contributed by atoms with van der Waals surface area (Å²) >= 11 is 0. The maximum atomic E-state index is 10.9. The van der Waals surface area contributed by atoms with Gasteiger partial charge in [0.05, 0.1) is 5.56 Å². The van der Waals surface area contributed by atoms with Crippen LogP contribution in [0.4, 0.5) is 0 Å². The van der Waals surface area contributed by atoms with Crippen LogP contribution in [-0.4, -0.2) is 16.2 Å². The first kappa shape index (κ1) is 18.5. The molecule has 0 bridgehead atoms. The van der Waals surface area contributed by atoms with Gasteiger partial charge in [0.15, 0.2) is 0 Å². The monoisotopic (exact) mass is 362 g/mol. The van der Waals surface area contributed by atoms with Gasteiger partial charge in [-0.3, -0.25) is 0 Å². The zero-order chi connectivity index (χ0) is 19.1. The van der Waals surface area contributed by atoms with Crippen molar-refractivity contribution in [3.8, 4) is 11.5 Å². The third kappa shape index (κ3) is 5.35. The Balaban J connectivity index is 1.60. The minimum absolute atomic E-state index is 0.225. The number of ether oxygens (including phenoxy) is 1. The van der Waals surface area contributed by atoms with Crippen LogP contribution in [0.1, 0.15) is 33.5 Å². The van der Waals surface area contributed by atoms with Crippen LogP contribution in [-0.2, 0) is 19.4 Å². The van der Waals surface area contributed by atoms with Gasteiger partial charge in [-0.25, -0.2) is 4.79 Å². The fourth-order valence-electron chi connectivity index (χ4n) is 2.93. The number of rotatable bonds is 8. The van der Waals surface area contributed by atoms with Gasteiger partial charge in [-0.2, -0.15) is 0 Å². The highest BCUT2D eigenvalue weighted by molar-refractivity contribution is 5.87. The zero-order valence-corrected chi connectivity index (χ0v) is 15.0. The predicted octanol–water partition coefficient (Wildman–Crippen LogP) is 4.84. The summed E-state index contributed by atoms with van der Waals surface area (Å²) in [6.45, 7) is 0.481. The fraction of sp³-hybridized carbons (Fsp3) is 0.174. The molecule has 3 aromatic rings. The van der Waals surface area contributed by atoms with E-state index >= 15 is 0 Å². The van der Waals surface area contributed by atoms with Crippen LogP contribution in [0.2, 0.25) is 0 Å². The van der Waals surface area contributed by atoms with Crippen molar-refractivity contribution in [2.24, 2.45) is 0 Å². The minimum Gasteiger partial charge on any atom is -0.508 e. The van der Waals surface area contributed by atoms with E-state index in [1.807, 2.05) is 42.5 Å². The molecule has 0 aliphatic rings. The molecule has 3 aromatic carbocycles. The fourth-order valence-corrected chi connectivity index (χ4v) is 2.93. The summed E-state index contributed by atoms with van der Waals surface area (Å²) in [7, 11) is 0. The molecule has 0 spiro atoms. The zero-order valence-electron chi connectivity index (χ0n) is 15.0. The van der Waals surface area contributed by atoms with E-state index in [1.165, 1.54) is 0 Å². The van der Waals surface area contributed by atoms with Gasteiger partial charge in [0.25, 0.3) is 0 Å². The molecular weight excluding hydrogens is 340 g/mol. The number of hydrogen-bond acceptors (Lipinski definition) is 3. The summed E-state index contributed by atoms with van der Waals surface area (Å²) < 4.78 is 5.95. The average Bonchev–Trinajstić information content (AvgIpc) is 2.68. The van der Waals surface area contributed by atoms with Crippen molar-refractivity contribution in [3.05, 3.63) is 95.1 Å². The Morgan fingerprint density at radius 3 is 2.30 bits per heavy atom. The van der Waals surface area contributed by atoms with Crippen molar-refractivity contribution in [1.29, 1.82) is 0 Å². The molecule has 0 fully saturated rings. The number of benzene rings is 3. The Morgan fingerprint density at radius 1 is 0.852 bits per heavy atom. The standard InChI is InChI=1S/C23H22O4/c24-21-13-14-22(27-16-18-5-2-1-3-6-18)20(15-21)8-4-7-17-9-11-19(12-10-17)23(25)26/h1-3,5-6,9-15,24H,4,7-8,16H2,(H,25,26). The molecule has 138 valence electrons. The molecule has 3 rings (SSSR count). The van der Waals surface area contributed by atoms with Crippen molar-refractivity contribution in [2.45, 2.75) is 25.9 Å². The SMILES string of the molecule is O=C(O)c1ccc(CCCc2cc(O)ccc2OCc2ccccc2)cc1. The highest BCUT2D eigenvalue weighted by Gasteiger charge is 2.07. The van der Waals surface area contributed by atoms with Crippen LogP contribution in [0.25, 0.3) is 0 Å². The number of aryl methyl sites for hydroxylation is 2. The lowest BCUT2D eigenvalue weighted by atomic mass is 10.0. The Hall–Kier alpha value is -3.27. The molecule has 0 aliphatic carbocycles.